The van der Waals surface area contributed by atoms with Crippen LogP contribution < -0.4 is 5.32 Å². The van der Waals surface area contributed by atoms with Gasteiger partial charge < -0.3 is 10.3 Å². The first kappa shape index (κ1) is 11.0. The molecule has 0 fully saturated rings. The number of hydrogen-bond acceptors (Lipinski definition) is 5. The number of aromatic amines is 1. The highest BCUT2D eigenvalue weighted by atomic mass is 35.5. The van der Waals surface area contributed by atoms with E-state index in [4.69, 9.17) is 11.6 Å². The molecule has 0 bridgehead atoms. The molecule has 92 valence electrons. The molecule has 18 heavy (non-hydrogen) atoms. The summed E-state index contributed by atoms with van der Waals surface area (Å²) in [6.45, 7) is 1.84. The van der Waals surface area contributed by atoms with Gasteiger partial charge in [-0.3, -0.25) is 0 Å². The van der Waals surface area contributed by atoms with Gasteiger partial charge in [0.1, 0.15) is 5.52 Å². The number of imidazole rings is 1. The fourth-order valence-corrected chi connectivity index (χ4v) is 1.77. The van der Waals surface area contributed by atoms with Crippen LogP contribution in [0.4, 0.5) is 5.95 Å². The van der Waals surface area contributed by atoms with Crippen molar-refractivity contribution in [3.63, 3.8) is 0 Å². The van der Waals surface area contributed by atoms with Gasteiger partial charge in [0.25, 0.3) is 0 Å². The third kappa shape index (κ3) is 1.60. The summed E-state index contributed by atoms with van der Waals surface area (Å²) in [6, 6.07) is 0. The van der Waals surface area contributed by atoms with Crippen molar-refractivity contribution in [2.24, 2.45) is 0 Å². The average molecular weight is 264 g/mol. The minimum absolute atomic E-state index is 0.480. The molecule has 3 aromatic rings. The van der Waals surface area contributed by atoms with Crippen LogP contribution in [-0.2, 0) is 0 Å². The zero-order valence-corrected chi connectivity index (χ0v) is 10.5. The fourth-order valence-electron chi connectivity index (χ4n) is 1.64. The molecule has 0 aliphatic carbocycles. The van der Waals surface area contributed by atoms with Crippen LogP contribution in [0, 0.1) is 6.92 Å². The molecule has 0 radical (unpaired) electrons. The standard InChI is InChI=1S/C10H10ClN7/c1-5-6(11)3-18(17-5)9-7-8(14-4-13-7)15-10(12-2)16-9/h3-4H,1-2H3,(H2,12,13,14,15,16). The van der Waals surface area contributed by atoms with Gasteiger partial charge in [-0.15, -0.1) is 0 Å². The van der Waals surface area contributed by atoms with E-state index in [-0.39, 0.29) is 0 Å². The van der Waals surface area contributed by atoms with E-state index in [2.05, 4.69) is 30.4 Å². The number of aryl methyl sites for hydroxylation is 1. The Kier molecular flexibility index (Phi) is 2.41. The molecule has 0 aliphatic rings. The summed E-state index contributed by atoms with van der Waals surface area (Å²) in [5, 5.41) is 7.78. The molecule has 0 aliphatic heterocycles. The van der Waals surface area contributed by atoms with Crippen LogP contribution in [0.15, 0.2) is 12.5 Å². The highest BCUT2D eigenvalue weighted by molar-refractivity contribution is 6.31. The van der Waals surface area contributed by atoms with Gasteiger partial charge in [-0.25, -0.2) is 9.67 Å². The zero-order chi connectivity index (χ0) is 12.7. The van der Waals surface area contributed by atoms with Gasteiger partial charge in [0.2, 0.25) is 5.95 Å². The predicted octanol–water partition coefficient (Wildman–Crippen LogP) is 1.54. The van der Waals surface area contributed by atoms with E-state index in [1.165, 1.54) is 0 Å². The molecule has 7 nitrogen and oxygen atoms in total. The lowest BCUT2D eigenvalue weighted by atomic mass is 10.5. The largest absolute Gasteiger partial charge is 0.357 e. The van der Waals surface area contributed by atoms with E-state index in [1.54, 1.807) is 24.3 Å². The fraction of sp³-hybridized carbons (Fsp3) is 0.200. The highest BCUT2D eigenvalue weighted by Crippen LogP contribution is 2.20. The second-order valence-corrected chi connectivity index (χ2v) is 4.14. The number of fused-ring (bicyclic) bond motifs is 1. The van der Waals surface area contributed by atoms with Crippen LogP contribution in [0.5, 0.6) is 0 Å². The Morgan fingerprint density at radius 3 is 2.89 bits per heavy atom. The van der Waals surface area contributed by atoms with Crippen molar-refractivity contribution in [1.82, 2.24) is 29.7 Å². The average Bonchev–Trinajstić information content (AvgIpc) is 2.95. The molecule has 0 spiro atoms. The number of aromatic nitrogens is 6. The minimum Gasteiger partial charge on any atom is -0.357 e. The van der Waals surface area contributed by atoms with E-state index < -0.39 is 0 Å². The Bertz CT molecular complexity index is 695. The Morgan fingerprint density at radius 2 is 2.22 bits per heavy atom. The summed E-state index contributed by atoms with van der Waals surface area (Å²) >= 11 is 6.01. The molecule has 3 rings (SSSR count). The third-order valence-corrected chi connectivity index (χ3v) is 2.92. The molecule has 2 N–H and O–H groups in total. The normalized spacial score (nSPS) is 11.1. The van der Waals surface area contributed by atoms with Gasteiger partial charge in [0.05, 0.1) is 23.2 Å². The van der Waals surface area contributed by atoms with E-state index in [0.717, 1.165) is 5.69 Å². The van der Waals surface area contributed by atoms with Crippen molar-refractivity contribution < 1.29 is 0 Å². The van der Waals surface area contributed by atoms with Gasteiger partial charge in [-0.1, -0.05) is 11.6 Å². The third-order valence-electron chi connectivity index (χ3n) is 2.55. The first-order chi connectivity index (χ1) is 8.69. The van der Waals surface area contributed by atoms with Crippen molar-refractivity contribution in [3.8, 4) is 5.82 Å². The molecule has 0 saturated carbocycles. The molecule has 0 saturated heterocycles. The lowest BCUT2D eigenvalue weighted by Crippen LogP contribution is -2.05. The van der Waals surface area contributed by atoms with E-state index in [1.807, 2.05) is 6.92 Å². The monoisotopic (exact) mass is 263 g/mol. The van der Waals surface area contributed by atoms with Crippen LogP contribution >= 0.6 is 11.6 Å². The topological polar surface area (TPSA) is 84.3 Å². The summed E-state index contributed by atoms with van der Waals surface area (Å²) in [6.07, 6.45) is 3.28. The van der Waals surface area contributed by atoms with Gasteiger partial charge in [-0.2, -0.15) is 15.1 Å². The van der Waals surface area contributed by atoms with Crippen molar-refractivity contribution in [2.45, 2.75) is 6.92 Å². The molecule has 0 aromatic carbocycles. The predicted molar refractivity (Wildman–Crippen MR) is 68.1 cm³/mol. The highest BCUT2D eigenvalue weighted by Gasteiger charge is 2.13. The molecular formula is C10H10ClN7. The number of nitrogens with zero attached hydrogens (tertiary/aromatic N) is 5. The number of nitrogens with one attached hydrogen (secondary N) is 2. The lowest BCUT2D eigenvalue weighted by Gasteiger charge is -2.04. The maximum absolute atomic E-state index is 6.01. The SMILES string of the molecule is CNc1nc(-n2cc(Cl)c(C)n2)c2[nH]cnc2n1. The number of hydrogen-bond donors (Lipinski definition) is 2. The van der Waals surface area contributed by atoms with Crippen LogP contribution in [0.2, 0.25) is 5.02 Å². The molecule has 3 heterocycles. The van der Waals surface area contributed by atoms with Gasteiger partial charge in [0, 0.05) is 7.05 Å². The molecular weight excluding hydrogens is 254 g/mol. The number of anilines is 1. The maximum atomic E-state index is 6.01. The van der Waals surface area contributed by atoms with Crippen LogP contribution in [0.25, 0.3) is 17.0 Å². The molecule has 3 aromatic heterocycles. The first-order valence-electron chi connectivity index (χ1n) is 5.30. The number of rotatable bonds is 2. The first-order valence-corrected chi connectivity index (χ1v) is 5.68. The van der Waals surface area contributed by atoms with Crippen molar-refractivity contribution >= 4 is 28.7 Å². The smallest absolute Gasteiger partial charge is 0.226 e. The van der Waals surface area contributed by atoms with E-state index in [0.29, 0.717) is 28.0 Å². The molecule has 0 atom stereocenters. The van der Waals surface area contributed by atoms with E-state index >= 15 is 0 Å². The van der Waals surface area contributed by atoms with Crippen LogP contribution in [-0.4, -0.2) is 36.8 Å². The summed E-state index contributed by atoms with van der Waals surface area (Å²) in [7, 11) is 1.75. The Balaban J connectivity index is 2.29. The van der Waals surface area contributed by atoms with Gasteiger partial charge >= 0.3 is 0 Å². The quantitative estimate of drug-likeness (QED) is 0.733. The summed E-state index contributed by atoms with van der Waals surface area (Å²) < 4.78 is 1.61. The van der Waals surface area contributed by atoms with Crippen molar-refractivity contribution in [3.05, 3.63) is 23.2 Å². The molecule has 0 amide bonds. The van der Waals surface area contributed by atoms with Gasteiger partial charge in [-0.05, 0) is 6.92 Å². The second-order valence-electron chi connectivity index (χ2n) is 3.73. The van der Waals surface area contributed by atoms with Gasteiger partial charge in [0.15, 0.2) is 11.5 Å². The second kappa shape index (κ2) is 3.95. The summed E-state index contributed by atoms with van der Waals surface area (Å²) in [5.74, 6) is 1.09. The Hall–Kier alpha value is -2.15. The zero-order valence-electron chi connectivity index (χ0n) is 9.77. The Morgan fingerprint density at radius 1 is 1.39 bits per heavy atom. The van der Waals surface area contributed by atoms with Crippen molar-refractivity contribution in [1.29, 1.82) is 0 Å². The van der Waals surface area contributed by atoms with Crippen LogP contribution in [0.3, 0.4) is 0 Å². The van der Waals surface area contributed by atoms with Crippen LogP contribution in [0.1, 0.15) is 5.69 Å². The summed E-state index contributed by atoms with van der Waals surface area (Å²) in [4.78, 5) is 15.7. The maximum Gasteiger partial charge on any atom is 0.226 e. The Labute approximate surface area is 107 Å². The lowest BCUT2D eigenvalue weighted by molar-refractivity contribution is 0.835. The minimum atomic E-state index is 0.480. The molecule has 0 unspecified atom stereocenters. The summed E-state index contributed by atoms with van der Waals surface area (Å²) in [5.41, 5.74) is 2.04. The van der Waals surface area contributed by atoms with Crippen molar-refractivity contribution in [2.75, 3.05) is 12.4 Å². The molecule has 8 heteroatoms. The number of halogens is 1. The van der Waals surface area contributed by atoms with E-state index in [9.17, 15) is 0 Å². The number of H-pyrrole nitrogens is 1.